The van der Waals surface area contributed by atoms with Crippen LogP contribution in [0.1, 0.15) is 57.8 Å². The molecule has 0 aliphatic heterocycles. The molecule has 0 unspecified atom stereocenters. The Hall–Kier alpha value is -2.45. The largest absolute Gasteiger partial charge is 0.462 e. The lowest BCUT2D eigenvalue weighted by Gasteiger charge is -2.11. The number of nitrogens with one attached hydrogen (secondary N) is 2. The second kappa shape index (κ2) is 12.3. The fraction of sp³-hybridized carbons (Fsp3) is 0.409. The Kier molecular flexibility index (Phi) is 9.76. The Balaban J connectivity index is 1.96. The van der Waals surface area contributed by atoms with Crippen LogP contribution in [0.3, 0.4) is 0 Å². The second-order valence-electron chi connectivity index (χ2n) is 6.52. The number of esters is 2. The topological polar surface area (TPSA) is 76.7 Å². The monoisotopic (exact) mass is 448 g/mol. The Bertz CT molecular complexity index is 866. The lowest BCUT2D eigenvalue weighted by molar-refractivity contribution is 0.0527. The molecular weight excluding hydrogens is 420 g/mol. The number of thiophene rings is 1. The van der Waals surface area contributed by atoms with Gasteiger partial charge in [-0.3, -0.25) is 0 Å². The summed E-state index contributed by atoms with van der Waals surface area (Å²) in [6, 6.07) is 10.3. The molecule has 0 spiro atoms. The number of thiocarbonyl (C=S) groups is 1. The molecule has 1 aromatic heterocycles. The Morgan fingerprint density at radius 3 is 2.37 bits per heavy atom. The predicted molar refractivity (Wildman–Crippen MR) is 125 cm³/mol. The first-order valence-corrected chi connectivity index (χ1v) is 11.3. The van der Waals surface area contributed by atoms with E-state index in [2.05, 4.69) is 22.8 Å². The van der Waals surface area contributed by atoms with E-state index in [4.69, 9.17) is 21.7 Å². The summed E-state index contributed by atoms with van der Waals surface area (Å²) in [6.07, 6.45) is 3.01. The van der Waals surface area contributed by atoms with Gasteiger partial charge in [-0.2, -0.15) is 0 Å². The molecule has 0 saturated heterocycles. The number of anilines is 1. The minimum absolute atomic E-state index is 0.242. The maximum atomic E-state index is 12.4. The number of rotatable bonds is 10. The van der Waals surface area contributed by atoms with E-state index < -0.39 is 11.9 Å². The summed E-state index contributed by atoms with van der Waals surface area (Å²) in [6.45, 7) is 6.40. The van der Waals surface area contributed by atoms with Crippen LogP contribution in [0.5, 0.6) is 0 Å². The predicted octanol–water partition coefficient (Wildman–Crippen LogP) is 4.72. The molecule has 0 fully saturated rings. The average Bonchev–Trinajstić information content (AvgIpc) is 3.04. The summed E-state index contributed by atoms with van der Waals surface area (Å²) in [5.41, 5.74) is 2.17. The van der Waals surface area contributed by atoms with Crippen LogP contribution in [0.15, 0.2) is 30.3 Å². The zero-order chi connectivity index (χ0) is 21.9. The fourth-order valence-corrected chi connectivity index (χ4v) is 4.25. The summed E-state index contributed by atoms with van der Waals surface area (Å²) in [5.74, 6) is -0.951. The molecular formula is C22H28N2O4S2. The van der Waals surface area contributed by atoms with E-state index in [1.807, 2.05) is 18.2 Å². The van der Waals surface area contributed by atoms with Crippen molar-refractivity contribution >= 4 is 45.6 Å². The molecule has 0 radical (unpaired) electrons. The number of aryl methyl sites for hydroxylation is 1. The van der Waals surface area contributed by atoms with Crippen LogP contribution in [0.4, 0.5) is 5.00 Å². The van der Waals surface area contributed by atoms with Crippen molar-refractivity contribution in [3.63, 3.8) is 0 Å². The van der Waals surface area contributed by atoms with Crippen molar-refractivity contribution in [3.05, 3.63) is 51.9 Å². The number of ether oxygens (including phenoxy) is 2. The van der Waals surface area contributed by atoms with Gasteiger partial charge in [0.2, 0.25) is 0 Å². The molecule has 0 aliphatic carbocycles. The fourth-order valence-electron chi connectivity index (χ4n) is 2.89. The summed E-state index contributed by atoms with van der Waals surface area (Å²) < 4.78 is 10.2. The standard InChI is InChI=1S/C22H28N2O4S2/c1-4-27-20(25)17-15(3)18(21(26)28-5-2)30-19(17)24-22(29)23-14-10-9-13-16-11-7-6-8-12-16/h6-8,11-12H,4-5,9-10,13-14H2,1-3H3,(H2,23,24,29). The van der Waals surface area contributed by atoms with Gasteiger partial charge in [-0.1, -0.05) is 30.3 Å². The highest BCUT2D eigenvalue weighted by Crippen LogP contribution is 2.34. The molecule has 2 N–H and O–H groups in total. The van der Waals surface area contributed by atoms with Crippen molar-refractivity contribution < 1.29 is 19.1 Å². The van der Waals surface area contributed by atoms with Crippen molar-refractivity contribution in [2.24, 2.45) is 0 Å². The smallest absolute Gasteiger partial charge is 0.348 e. The Labute approximate surface area is 187 Å². The molecule has 1 heterocycles. The molecule has 2 aromatic rings. The molecule has 0 bridgehead atoms. The van der Waals surface area contributed by atoms with E-state index >= 15 is 0 Å². The van der Waals surface area contributed by atoms with Gasteiger partial charge in [0, 0.05) is 6.54 Å². The number of benzene rings is 1. The third kappa shape index (κ3) is 6.81. The number of unbranched alkanes of at least 4 members (excludes halogenated alkanes) is 1. The van der Waals surface area contributed by atoms with Crippen LogP contribution >= 0.6 is 23.6 Å². The van der Waals surface area contributed by atoms with Crippen LogP contribution in [-0.4, -0.2) is 36.8 Å². The third-order valence-electron chi connectivity index (χ3n) is 4.33. The molecule has 6 nitrogen and oxygen atoms in total. The van der Waals surface area contributed by atoms with E-state index in [0.717, 1.165) is 30.6 Å². The van der Waals surface area contributed by atoms with Crippen LogP contribution in [0.2, 0.25) is 0 Å². The van der Waals surface area contributed by atoms with Crippen molar-refractivity contribution in [1.29, 1.82) is 0 Å². The van der Waals surface area contributed by atoms with Crippen LogP contribution in [0, 0.1) is 6.92 Å². The van der Waals surface area contributed by atoms with Crippen molar-refractivity contribution in [1.82, 2.24) is 5.32 Å². The van der Waals surface area contributed by atoms with Crippen LogP contribution in [0.25, 0.3) is 0 Å². The molecule has 30 heavy (non-hydrogen) atoms. The number of carbonyl (C=O) groups excluding carboxylic acids is 2. The lowest BCUT2D eigenvalue weighted by Crippen LogP contribution is -2.29. The molecule has 0 saturated carbocycles. The average molecular weight is 449 g/mol. The summed E-state index contributed by atoms with van der Waals surface area (Å²) in [5, 5.41) is 7.09. The van der Waals surface area contributed by atoms with Gasteiger partial charge in [0.15, 0.2) is 5.11 Å². The van der Waals surface area contributed by atoms with E-state index in [1.165, 1.54) is 5.56 Å². The minimum Gasteiger partial charge on any atom is -0.462 e. The molecule has 0 amide bonds. The minimum atomic E-state index is -0.491. The van der Waals surface area contributed by atoms with Crippen LogP contribution < -0.4 is 10.6 Å². The molecule has 8 heteroatoms. The highest BCUT2D eigenvalue weighted by molar-refractivity contribution is 7.80. The third-order valence-corrected chi connectivity index (χ3v) is 5.77. The number of carbonyl (C=O) groups is 2. The van der Waals surface area contributed by atoms with Gasteiger partial charge < -0.3 is 20.1 Å². The van der Waals surface area contributed by atoms with Gasteiger partial charge >= 0.3 is 11.9 Å². The maximum absolute atomic E-state index is 12.4. The highest BCUT2D eigenvalue weighted by Gasteiger charge is 2.26. The lowest BCUT2D eigenvalue weighted by atomic mass is 10.1. The van der Waals surface area contributed by atoms with E-state index in [9.17, 15) is 9.59 Å². The summed E-state index contributed by atoms with van der Waals surface area (Å²) in [4.78, 5) is 25.0. The molecule has 0 atom stereocenters. The second-order valence-corrected chi connectivity index (χ2v) is 7.95. The Morgan fingerprint density at radius 1 is 1.03 bits per heavy atom. The quantitative estimate of drug-likeness (QED) is 0.309. The highest BCUT2D eigenvalue weighted by atomic mass is 32.1. The molecule has 0 aliphatic rings. The molecule has 2 rings (SSSR count). The summed E-state index contributed by atoms with van der Waals surface area (Å²) >= 11 is 6.52. The van der Waals surface area contributed by atoms with Gasteiger partial charge in [-0.25, -0.2) is 9.59 Å². The van der Waals surface area contributed by atoms with Crippen LogP contribution in [-0.2, 0) is 15.9 Å². The zero-order valence-corrected chi connectivity index (χ0v) is 19.2. The van der Waals surface area contributed by atoms with Gasteiger partial charge in [-0.05, 0) is 63.4 Å². The first kappa shape index (κ1) is 23.8. The van der Waals surface area contributed by atoms with E-state index in [-0.39, 0.29) is 13.2 Å². The van der Waals surface area contributed by atoms with Crippen molar-refractivity contribution in [3.8, 4) is 0 Å². The molecule has 162 valence electrons. The van der Waals surface area contributed by atoms with Crippen molar-refractivity contribution in [2.45, 2.75) is 40.0 Å². The Morgan fingerprint density at radius 2 is 1.70 bits per heavy atom. The van der Waals surface area contributed by atoms with Gasteiger partial charge in [-0.15, -0.1) is 11.3 Å². The molecule has 1 aromatic carbocycles. The van der Waals surface area contributed by atoms with Gasteiger partial charge in [0.05, 0.1) is 18.8 Å². The maximum Gasteiger partial charge on any atom is 0.348 e. The summed E-state index contributed by atoms with van der Waals surface area (Å²) in [7, 11) is 0. The number of hydrogen-bond donors (Lipinski definition) is 2. The normalized spacial score (nSPS) is 10.4. The SMILES string of the molecule is CCOC(=O)c1sc(NC(=S)NCCCCc2ccccc2)c(C(=O)OCC)c1C. The zero-order valence-electron chi connectivity index (χ0n) is 17.6. The van der Waals surface area contributed by atoms with Crippen molar-refractivity contribution in [2.75, 3.05) is 25.1 Å². The van der Waals surface area contributed by atoms with E-state index in [0.29, 0.717) is 32.7 Å². The van der Waals surface area contributed by atoms with Gasteiger partial charge in [0.25, 0.3) is 0 Å². The first-order valence-electron chi connectivity index (χ1n) is 10.0. The number of hydrogen-bond acceptors (Lipinski definition) is 6. The van der Waals surface area contributed by atoms with Gasteiger partial charge in [0.1, 0.15) is 9.88 Å². The first-order chi connectivity index (χ1) is 14.5. The van der Waals surface area contributed by atoms with E-state index in [1.54, 1.807) is 20.8 Å².